The zero-order valence-electron chi connectivity index (χ0n) is 16.2. The van der Waals surface area contributed by atoms with Gasteiger partial charge in [0.1, 0.15) is 0 Å². The van der Waals surface area contributed by atoms with E-state index in [1.807, 2.05) is 19.1 Å². The van der Waals surface area contributed by atoms with E-state index in [1.54, 1.807) is 17.0 Å². The van der Waals surface area contributed by atoms with Crippen LogP contribution < -0.4 is 10.3 Å². The standard InChI is InChI=1S/C20H23N3O5/c1-13-6-4-5-7-15(13)23-17(24)12-16(27-2)18(21-23)19(25)22-10-8-14(9-11-22)20(26)28-3/h4-7,12,14H,8-11H2,1-3H3. The van der Waals surface area contributed by atoms with Gasteiger partial charge in [0.15, 0.2) is 11.4 Å². The van der Waals surface area contributed by atoms with Gasteiger partial charge in [0.25, 0.3) is 11.5 Å². The van der Waals surface area contributed by atoms with Crippen molar-refractivity contribution in [2.45, 2.75) is 19.8 Å². The highest BCUT2D eigenvalue weighted by Crippen LogP contribution is 2.23. The fourth-order valence-corrected chi connectivity index (χ4v) is 3.35. The Kier molecular flexibility index (Phi) is 5.77. The Morgan fingerprint density at radius 1 is 1.14 bits per heavy atom. The molecule has 148 valence electrons. The number of methoxy groups -OCH3 is 2. The van der Waals surface area contributed by atoms with Crippen molar-refractivity contribution in [1.29, 1.82) is 0 Å². The van der Waals surface area contributed by atoms with Crippen molar-refractivity contribution in [3.8, 4) is 11.4 Å². The number of hydrogen-bond donors (Lipinski definition) is 0. The monoisotopic (exact) mass is 385 g/mol. The Labute approximate surface area is 162 Å². The third-order valence-corrected chi connectivity index (χ3v) is 4.98. The SMILES string of the molecule is COC(=O)C1CCN(C(=O)c2nn(-c3ccccc3C)c(=O)cc2OC)CC1. The molecule has 1 aromatic carbocycles. The number of ether oxygens (including phenoxy) is 2. The first kappa shape index (κ1) is 19.6. The van der Waals surface area contributed by atoms with Gasteiger partial charge in [0.05, 0.1) is 31.9 Å². The number of likely N-dealkylation sites (tertiary alicyclic amines) is 1. The van der Waals surface area contributed by atoms with Gasteiger partial charge >= 0.3 is 5.97 Å². The molecule has 0 radical (unpaired) electrons. The number of hydrogen-bond acceptors (Lipinski definition) is 6. The van der Waals surface area contributed by atoms with Crippen LogP contribution in [0, 0.1) is 12.8 Å². The Morgan fingerprint density at radius 2 is 1.82 bits per heavy atom. The lowest BCUT2D eigenvalue weighted by atomic mass is 9.97. The second kappa shape index (κ2) is 8.24. The van der Waals surface area contributed by atoms with Gasteiger partial charge < -0.3 is 14.4 Å². The Bertz CT molecular complexity index is 945. The number of amides is 1. The summed E-state index contributed by atoms with van der Waals surface area (Å²) in [7, 11) is 2.76. The highest BCUT2D eigenvalue weighted by Gasteiger charge is 2.30. The Balaban J connectivity index is 1.92. The maximum Gasteiger partial charge on any atom is 0.308 e. The van der Waals surface area contributed by atoms with Crippen LogP contribution in [0.15, 0.2) is 35.1 Å². The van der Waals surface area contributed by atoms with Gasteiger partial charge in [0, 0.05) is 13.1 Å². The van der Waals surface area contributed by atoms with E-state index >= 15 is 0 Å². The van der Waals surface area contributed by atoms with Crippen molar-refractivity contribution >= 4 is 11.9 Å². The zero-order valence-corrected chi connectivity index (χ0v) is 16.2. The predicted octanol–water partition coefficient (Wildman–Crippen LogP) is 1.57. The van der Waals surface area contributed by atoms with Crippen LogP contribution in [-0.2, 0) is 9.53 Å². The summed E-state index contributed by atoms with van der Waals surface area (Å²) in [5.74, 6) is -0.654. The predicted molar refractivity (Wildman–Crippen MR) is 102 cm³/mol. The van der Waals surface area contributed by atoms with Crippen molar-refractivity contribution in [1.82, 2.24) is 14.7 Å². The lowest BCUT2D eigenvalue weighted by Crippen LogP contribution is -2.41. The van der Waals surface area contributed by atoms with Crippen LogP contribution >= 0.6 is 0 Å². The first-order valence-electron chi connectivity index (χ1n) is 9.07. The minimum atomic E-state index is -0.382. The highest BCUT2D eigenvalue weighted by molar-refractivity contribution is 5.95. The Hall–Kier alpha value is -3.16. The fraction of sp³-hybridized carbons (Fsp3) is 0.400. The molecule has 1 saturated heterocycles. The lowest BCUT2D eigenvalue weighted by Gasteiger charge is -2.30. The number of aromatic nitrogens is 2. The average molecular weight is 385 g/mol. The van der Waals surface area contributed by atoms with E-state index in [1.165, 1.54) is 25.0 Å². The van der Waals surface area contributed by atoms with Gasteiger partial charge in [-0.2, -0.15) is 9.78 Å². The average Bonchev–Trinajstić information content (AvgIpc) is 2.73. The summed E-state index contributed by atoms with van der Waals surface area (Å²) in [6, 6.07) is 8.58. The van der Waals surface area contributed by atoms with Gasteiger partial charge in [0.2, 0.25) is 0 Å². The second-order valence-electron chi connectivity index (χ2n) is 6.69. The first-order chi connectivity index (χ1) is 13.5. The normalized spacial score (nSPS) is 14.6. The molecule has 8 nitrogen and oxygen atoms in total. The molecule has 2 heterocycles. The van der Waals surface area contributed by atoms with Gasteiger partial charge in [-0.1, -0.05) is 18.2 Å². The molecular weight excluding hydrogens is 362 g/mol. The summed E-state index contributed by atoms with van der Waals surface area (Å²) in [6.07, 6.45) is 1.05. The van der Waals surface area contributed by atoms with E-state index in [0.29, 0.717) is 31.6 Å². The summed E-state index contributed by atoms with van der Waals surface area (Å²) in [4.78, 5) is 38.9. The molecule has 0 saturated carbocycles. The Morgan fingerprint density at radius 3 is 2.43 bits per heavy atom. The van der Waals surface area contributed by atoms with E-state index < -0.39 is 0 Å². The molecule has 1 fully saturated rings. The number of aryl methyl sites for hydroxylation is 1. The van der Waals surface area contributed by atoms with Crippen LogP contribution in [0.2, 0.25) is 0 Å². The van der Waals surface area contributed by atoms with Crippen molar-refractivity contribution < 1.29 is 19.1 Å². The van der Waals surface area contributed by atoms with Gasteiger partial charge in [-0.05, 0) is 31.4 Å². The van der Waals surface area contributed by atoms with Crippen molar-refractivity contribution in [2.75, 3.05) is 27.3 Å². The van der Waals surface area contributed by atoms with Crippen LogP contribution in [0.4, 0.5) is 0 Å². The molecule has 0 unspecified atom stereocenters. The van der Waals surface area contributed by atoms with Crippen molar-refractivity contribution in [3.63, 3.8) is 0 Å². The minimum absolute atomic E-state index is 0.0712. The molecular formula is C20H23N3O5. The number of benzene rings is 1. The van der Waals surface area contributed by atoms with Gasteiger partial charge in [-0.3, -0.25) is 14.4 Å². The van der Waals surface area contributed by atoms with Gasteiger partial charge in [-0.25, -0.2) is 0 Å². The molecule has 0 atom stereocenters. The maximum absolute atomic E-state index is 13.1. The molecule has 0 spiro atoms. The number of piperidine rings is 1. The molecule has 1 aliphatic rings. The number of rotatable bonds is 4. The van der Waals surface area contributed by atoms with E-state index in [2.05, 4.69) is 5.10 Å². The van der Waals surface area contributed by atoms with Crippen LogP contribution in [0.5, 0.6) is 5.75 Å². The van der Waals surface area contributed by atoms with Crippen LogP contribution in [0.25, 0.3) is 5.69 Å². The molecule has 8 heteroatoms. The van der Waals surface area contributed by atoms with E-state index in [0.717, 1.165) is 5.56 Å². The van der Waals surface area contributed by atoms with Crippen molar-refractivity contribution in [2.24, 2.45) is 5.92 Å². The van der Waals surface area contributed by atoms with Gasteiger partial charge in [-0.15, -0.1) is 0 Å². The maximum atomic E-state index is 13.1. The van der Waals surface area contributed by atoms with E-state index in [4.69, 9.17) is 9.47 Å². The summed E-state index contributed by atoms with van der Waals surface area (Å²) in [5.41, 5.74) is 1.15. The molecule has 0 N–H and O–H groups in total. The third-order valence-electron chi connectivity index (χ3n) is 4.98. The summed E-state index contributed by atoms with van der Waals surface area (Å²) >= 11 is 0. The van der Waals surface area contributed by atoms with E-state index in [-0.39, 0.29) is 34.8 Å². The number of esters is 1. The number of carbonyl (C=O) groups excluding carboxylic acids is 2. The molecule has 28 heavy (non-hydrogen) atoms. The minimum Gasteiger partial charge on any atom is -0.494 e. The summed E-state index contributed by atoms with van der Waals surface area (Å²) < 4.78 is 11.2. The lowest BCUT2D eigenvalue weighted by molar-refractivity contribution is -0.146. The highest BCUT2D eigenvalue weighted by atomic mass is 16.5. The van der Waals surface area contributed by atoms with E-state index in [9.17, 15) is 14.4 Å². The molecule has 3 rings (SSSR count). The second-order valence-corrected chi connectivity index (χ2v) is 6.69. The smallest absolute Gasteiger partial charge is 0.308 e. The molecule has 1 aromatic heterocycles. The number of carbonyl (C=O) groups is 2. The molecule has 0 bridgehead atoms. The fourth-order valence-electron chi connectivity index (χ4n) is 3.35. The quantitative estimate of drug-likeness (QED) is 0.742. The van der Waals surface area contributed by atoms with Crippen molar-refractivity contribution in [3.05, 3.63) is 51.9 Å². The van der Waals surface area contributed by atoms with Crippen LogP contribution in [0.1, 0.15) is 28.9 Å². The largest absolute Gasteiger partial charge is 0.494 e. The molecule has 1 aliphatic heterocycles. The summed E-state index contributed by atoms with van der Waals surface area (Å²) in [5, 5.41) is 4.32. The number of para-hydroxylation sites is 1. The van der Waals surface area contributed by atoms with Crippen LogP contribution in [0.3, 0.4) is 0 Å². The first-order valence-corrected chi connectivity index (χ1v) is 9.07. The zero-order chi connectivity index (χ0) is 20.3. The number of nitrogens with zero attached hydrogens (tertiary/aromatic N) is 3. The molecule has 0 aliphatic carbocycles. The molecule has 1 amide bonds. The summed E-state index contributed by atoms with van der Waals surface area (Å²) in [6.45, 7) is 2.69. The van der Waals surface area contributed by atoms with Crippen LogP contribution in [-0.4, -0.2) is 53.9 Å². The third kappa shape index (κ3) is 3.76. The molecule has 2 aromatic rings. The topological polar surface area (TPSA) is 90.7 Å².